The van der Waals surface area contributed by atoms with E-state index in [9.17, 15) is 16.8 Å². The molecule has 1 aliphatic rings. The smallest absolute Gasteiger partial charge is 0.242 e. The van der Waals surface area contributed by atoms with Crippen LogP contribution in [0.5, 0.6) is 0 Å². The normalized spacial score (nSPS) is 18.2. The number of pyridine rings is 1. The van der Waals surface area contributed by atoms with E-state index in [1.54, 1.807) is 0 Å². The maximum absolute atomic E-state index is 12.2. The van der Waals surface area contributed by atoms with Gasteiger partial charge in [0.05, 0.1) is 0 Å². The first-order valence-electron chi connectivity index (χ1n) is 7.07. The first-order chi connectivity index (χ1) is 10.1. The molecule has 0 unspecified atom stereocenters. The van der Waals surface area contributed by atoms with E-state index >= 15 is 0 Å². The lowest BCUT2D eigenvalue weighted by molar-refractivity contribution is 0.296. The molecular formula is C13H22ClN3O4S2. The zero-order valence-corrected chi connectivity index (χ0v) is 15.3. The molecule has 0 aromatic carbocycles. The first-order valence-corrected chi connectivity index (χ1v) is 10.4. The van der Waals surface area contributed by atoms with Crippen LogP contribution in [0.2, 0.25) is 0 Å². The van der Waals surface area contributed by atoms with E-state index < -0.39 is 25.4 Å². The number of halogens is 1. The predicted octanol–water partition coefficient (Wildman–Crippen LogP) is 0.847. The topological polar surface area (TPSA) is 119 Å². The van der Waals surface area contributed by atoms with E-state index in [-0.39, 0.29) is 28.9 Å². The molecule has 0 amide bonds. The highest BCUT2D eigenvalue weighted by Crippen LogP contribution is 2.25. The summed E-state index contributed by atoms with van der Waals surface area (Å²) in [6.07, 6.45) is 6.78. The summed E-state index contributed by atoms with van der Waals surface area (Å²) in [7, 11) is -7.20. The summed E-state index contributed by atoms with van der Waals surface area (Å²) < 4.78 is 49.6. The molecule has 1 saturated carbocycles. The van der Waals surface area contributed by atoms with Crippen molar-refractivity contribution < 1.29 is 16.8 Å². The van der Waals surface area contributed by atoms with E-state index in [1.165, 1.54) is 12.1 Å². The fourth-order valence-corrected chi connectivity index (χ4v) is 4.14. The van der Waals surface area contributed by atoms with Crippen molar-refractivity contribution >= 4 is 32.3 Å². The van der Waals surface area contributed by atoms with Gasteiger partial charge in [0, 0.05) is 24.5 Å². The van der Waals surface area contributed by atoms with Gasteiger partial charge in [-0.1, -0.05) is 19.3 Å². The van der Waals surface area contributed by atoms with E-state index in [0.717, 1.165) is 44.6 Å². The molecule has 0 atom stereocenters. The number of aromatic nitrogens is 1. The number of hydrogen-bond acceptors (Lipinski definition) is 6. The summed E-state index contributed by atoms with van der Waals surface area (Å²) in [4.78, 5) is 3.62. The Hall–Kier alpha value is -0.740. The van der Waals surface area contributed by atoms with E-state index in [4.69, 9.17) is 5.73 Å². The highest BCUT2D eigenvalue weighted by atomic mass is 35.5. The van der Waals surface area contributed by atoms with Crippen LogP contribution in [0.1, 0.15) is 32.1 Å². The van der Waals surface area contributed by atoms with Crippen LogP contribution in [0.4, 0.5) is 0 Å². The van der Waals surface area contributed by atoms with Gasteiger partial charge in [-0.15, -0.1) is 12.4 Å². The van der Waals surface area contributed by atoms with Gasteiger partial charge < -0.3 is 5.73 Å². The van der Waals surface area contributed by atoms with Gasteiger partial charge >= 0.3 is 0 Å². The first kappa shape index (κ1) is 20.3. The fraction of sp³-hybridized carbons (Fsp3) is 0.615. The maximum Gasteiger partial charge on any atom is 0.242 e. The maximum atomic E-state index is 12.2. The van der Waals surface area contributed by atoms with E-state index in [2.05, 4.69) is 9.71 Å². The standard InChI is InChI=1S/C13H21N3O4S2.ClH/c1-21(17,18)12-6-5-11(9-15-12)22(19,20)16-10-13(14)7-3-2-4-8-13;/h5-6,9,16H,2-4,7-8,10,14H2,1H3;1H. The Bertz CT molecular complexity index is 727. The Morgan fingerprint density at radius 1 is 1.17 bits per heavy atom. The summed E-state index contributed by atoms with van der Waals surface area (Å²) in [6, 6.07) is 2.42. The minimum absolute atomic E-state index is 0. The van der Waals surface area contributed by atoms with Gasteiger partial charge in [0.1, 0.15) is 4.90 Å². The summed E-state index contributed by atoms with van der Waals surface area (Å²) >= 11 is 0. The van der Waals surface area contributed by atoms with Crippen molar-refractivity contribution in [3.8, 4) is 0 Å². The molecule has 1 aromatic rings. The lowest BCUT2D eigenvalue weighted by Crippen LogP contribution is -2.51. The molecule has 132 valence electrons. The SMILES string of the molecule is CS(=O)(=O)c1ccc(S(=O)(=O)NCC2(N)CCCCC2)cn1.Cl. The van der Waals surface area contributed by atoms with Gasteiger partial charge in [0.2, 0.25) is 10.0 Å². The van der Waals surface area contributed by atoms with Gasteiger partial charge in [-0.2, -0.15) is 0 Å². The van der Waals surface area contributed by atoms with Crippen LogP contribution in [0.3, 0.4) is 0 Å². The average molecular weight is 384 g/mol. The number of nitrogens with zero attached hydrogens (tertiary/aromatic N) is 1. The van der Waals surface area contributed by atoms with Gasteiger partial charge in [-0.3, -0.25) is 0 Å². The Balaban J connectivity index is 0.00000264. The molecule has 0 bridgehead atoms. The molecular weight excluding hydrogens is 362 g/mol. The minimum atomic E-state index is -3.75. The Kier molecular flexibility index (Phi) is 6.56. The lowest BCUT2D eigenvalue weighted by Gasteiger charge is -2.33. The lowest BCUT2D eigenvalue weighted by atomic mass is 9.83. The molecule has 1 fully saturated rings. The molecule has 0 aliphatic heterocycles. The average Bonchev–Trinajstić information content (AvgIpc) is 2.46. The highest BCUT2D eigenvalue weighted by molar-refractivity contribution is 7.90. The molecule has 2 rings (SSSR count). The van der Waals surface area contributed by atoms with Crippen molar-refractivity contribution in [3.05, 3.63) is 18.3 Å². The number of sulfonamides is 1. The molecule has 0 saturated heterocycles. The van der Waals surface area contributed by atoms with Crippen molar-refractivity contribution in [3.63, 3.8) is 0 Å². The van der Waals surface area contributed by atoms with Gasteiger partial charge in [-0.25, -0.2) is 26.5 Å². The van der Waals surface area contributed by atoms with Crippen molar-refractivity contribution in [1.82, 2.24) is 9.71 Å². The Morgan fingerprint density at radius 3 is 2.26 bits per heavy atom. The van der Waals surface area contributed by atoms with Crippen LogP contribution >= 0.6 is 12.4 Å². The molecule has 0 radical (unpaired) electrons. The number of nitrogens with two attached hydrogens (primary N) is 1. The quantitative estimate of drug-likeness (QED) is 0.777. The van der Waals surface area contributed by atoms with Crippen LogP contribution in [0.25, 0.3) is 0 Å². The number of sulfone groups is 1. The second-order valence-electron chi connectivity index (χ2n) is 5.85. The molecule has 10 heteroatoms. The largest absolute Gasteiger partial charge is 0.324 e. The number of nitrogens with one attached hydrogen (secondary N) is 1. The highest BCUT2D eigenvalue weighted by Gasteiger charge is 2.29. The third-order valence-corrected chi connectivity index (χ3v) is 6.25. The third-order valence-electron chi connectivity index (χ3n) is 3.86. The summed E-state index contributed by atoms with van der Waals surface area (Å²) in [5.41, 5.74) is 5.70. The van der Waals surface area contributed by atoms with Crippen molar-refractivity contribution in [2.24, 2.45) is 5.73 Å². The van der Waals surface area contributed by atoms with E-state index in [1.807, 2.05) is 0 Å². The van der Waals surface area contributed by atoms with Gasteiger partial charge in [0.15, 0.2) is 14.9 Å². The molecule has 0 spiro atoms. The van der Waals surface area contributed by atoms with Crippen molar-refractivity contribution in [1.29, 1.82) is 0 Å². The summed E-state index contributed by atoms with van der Waals surface area (Å²) in [5.74, 6) is 0. The van der Waals surface area contributed by atoms with E-state index in [0.29, 0.717) is 0 Å². The van der Waals surface area contributed by atoms with Gasteiger partial charge in [0.25, 0.3) is 0 Å². The molecule has 23 heavy (non-hydrogen) atoms. The molecule has 7 nitrogen and oxygen atoms in total. The number of rotatable bonds is 5. The van der Waals surface area contributed by atoms with Crippen molar-refractivity contribution in [2.45, 2.75) is 47.6 Å². The minimum Gasteiger partial charge on any atom is -0.324 e. The van der Waals surface area contributed by atoms with Crippen LogP contribution < -0.4 is 10.5 Å². The monoisotopic (exact) mass is 383 g/mol. The Labute approximate surface area is 143 Å². The molecule has 1 heterocycles. The van der Waals surface area contributed by atoms with Crippen LogP contribution in [-0.2, 0) is 19.9 Å². The van der Waals surface area contributed by atoms with Crippen LogP contribution in [0, 0.1) is 0 Å². The zero-order valence-electron chi connectivity index (χ0n) is 12.9. The molecule has 1 aromatic heterocycles. The molecule has 3 N–H and O–H groups in total. The zero-order chi connectivity index (χ0) is 16.4. The fourth-order valence-electron chi connectivity index (χ4n) is 2.50. The van der Waals surface area contributed by atoms with Crippen LogP contribution in [-0.4, -0.2) is 40.2 Å². The summed E-state index contributed by atoms with van der Waals surface area (Å²) in [5, 5.41) is -0.158. The third kappa shape index (κ3) is 5.39. The second kappa shape index (κ2) is 7.43. The van der Waals surface area contributed by atoms with Gasteiger partial charge in [-0.05, 0) is 25.0 Å². The van der Waals surface area contributed by atoms with Crippen LogP contribution in [0.15, 0.2) is 28.3 Å². The predicted molar refractivity (Wildman–Crippen MR) is 89.8 cm³/mol. The Morgan fingerprint density at radius 2 is 1.78 bits per heavy atom. The van der Waals surface area contributed by atoms with Crippen molar-refractivity contribution in [2.75, 3.05) is 12.8 Å². The molecule has 1 aliphatic carbocycles. The number of hydrogen-bond donors (Lipinski definition) is 2. The second-order valence-corrected chi connectivity index (χ2v) is 9.58. The summed E-state index contributed by atoms with van der Waals surface area (Å²) in [6.45, 7) is 0.170.